The summed E-state index contributed by atoms with van der Waals surface area (Å²) in [5.74, 6) is 1.58. The van der Waals surface area contributed by atoms with E-state index in [2.05, 4.69) is 30.2 Å². The lowest BCUT2D eigenvalue weighted by Crippen LogP contribution is -2.18. The number of allylic oxidation sites excluding steroid dienone is 3. The van der Waals surface area contributed by atoms with Crippen molar-refractivity contribution in [3.63, 3.8) is 0 Å². The smallest absolute Gasteiger partial charge is 0.155 e. The van der Waals surface area contributed by atoms with Crippen LogP contribution >= 0.6 is 0 Å². The van der Waals surface area contributed by atoms with Gasteiger partial charge in [-0.1, -0.05) is 18.2 Å². The Bertz CT molecular complexity index is 280. The highest BCUT2D eigenvalue weighted by molar-refractivity contribution is 5.14. The van der Waals surface area contributed by atoms with E-state index in [1.165, 1.54) is 0 Å². The molecule has 0 aromatic carbocycles. The van der Waals surface area contributed by atoms with Gasteiger partial charge in [-0.25, -0.2) is 0 Å². The van der Waals surface area contributed by atoms with Crippen LogP contribution in [0.25, 0.3) is 0 Å². The molecule has 0 aliphatic carbocycles. The highest BCUT2D eigenvalue weighted by Gasteiger charge is 1.97. The molecule has 0 bridgehead atoms. The maximum atomic E-state index is 5.22. The second-order valence-electron chi connectivity index (χ2n) is 3.85. The minimum atomic E-state index is 0.781. The van der Waals surface area contributed by atoms with E-state index in [9.17, 15) is 0 Å². The molecule has 0 N–H and O–H groups in total. The number of rotatable bonds is 8. The van der Waals surface area contributed by atoms with Gasteiger partial charge in [0.15, 0.2) is 5.76 Å². The number of ether oxygens (including phenoxy) is 2. The van der Waals surface area contributed by atoms with E-state index in [-0.39, 0.29) is 0 Å². The highest BCUT2D eigenvalue weighted by Crippen LogP contribution is 2.07. The Hall–Kier alpha value is -1.22. The van der Waals surface area contributed by atoms with Crippen molar-refractivity contribution in [2.75, 3.05) is 34.4 Å². The number of hydrogen-bond acceptors (Lipinski definition) is 3. The van der Waals surface area contributed by atoms with E-state index in [0.717, 1.165) is 31.0 Å². The minimum Gasteiger partial charge on any atom is -0.498 e. The molecule has 0 amide bonds. The molecular weight excluding hydrogens is 214 g/mol. The molecule has 0 saturated carbocycles. The maximum Gasteiger partial charge on any atom is 0.155 e. The first-order chi connectivity index (χ1) is 8.15. The maximum absolute atomic E-state index is 5.22. The molecule has 0 unspecified atom stereocenters. The summed E-state index contributed by atoms with van der Waals surface area (Å²) in [6.45, 7) is 5.95. The van der Waals surface area contributed by atoms with Gasteiger partial charge in [-0.05, 0) is 33.4 Å². The summed E-state index contributed by atoms with van der Waals surface area (Å²) in [4.78, 5) is 2.27. The predicted molar refractivity (Wildman–Crippen MR) is 72.8 cm³/mol. The Morgan fingerprint density at radius 1 is 1.18 bits per heavy atom. The fraction of sp³-hybridized carbons (Fsp3) is 0.571. The van der Waals surface area contributed by atoms with Gasteiger partial charge in [-0.3, -0.25) is 0 Å². The zero-order valence-electron chi connectivity index (χ0n) is 11.7. The number of hydrogen-bond donors (Lipinski definition) is 0. The fourth-order valence-electron chi connectivity index (χ4n) is 1.29. The molecule has 0 aromatic rings. The van der Waals surface area contributed by atoms with Gasteiger partial charge in [-0.15, -0.1) is 0 Å². The van der Waals surface area contributed by atoms with Crippen LogP contribution in [0.15, 0.2) is 35.8 Å². The second kappa shape index (κ2) is 9.97. The highest BCUT2D eigenvalue weighted by atomic mass is 16.5. The van der Waals surface area contributed by atoms with Crippen LogP contribution in [0.5, 0.6) is 0 Å². The molecule has 98 valence electrons. The van der Waals surface area contributed by atoms with Crippen LogP contribution in [0.1, 0.15) is 20.3 Å². The van der Waals surface area contributed by atoms with Crippen LogP contribution in [0.4, 0.5) is 0 Å². The number of nitrogens with zero attached hydrogens (tertiary/aromatic N) is 1. The quantitative estimate of drug-likeness (QED) is 0.369. The molecule has 0 rings (SSSR count). The topological polar surface area (TPSA) is 21.7 Å². The van der Waals surface area contributed by atoms with Crippen LogP contribution in [-0.2, 0) is 9.47 Å². The van der Waals surface area contributed by atoms with E-state index in [0.29, 0.717) is 0 Å². The normalized spacial score (nSPS) is 13.5. The third kappa shape index (κ3) is 7.64. The predicted octanol–water partition coefficient (Wildman–Crippen LogP) is 2.96. The van der Waals surface area contributed by atoms with Gasteiger partial charge in [0.2, 0.25) is 0 Å². The van der Waals surface area contributed by atoms with Gasteiger partial charge in [0.1, 0.15) is 5.76 Å². The molecule has 0 atom stereocenters. The van der Waals surface area contributed by atoms with Gasteiger partial charge in [-0.2, -0.15) is 0 Å². The summed E-state index contributed by atoms with van der Waals surface area (Å²) < 4.78 is 10.3. The molecular formula is C14H25NO2. The standard InChI is InChI=1S/C14H25NO2/c1-6-7-11-15(3)12-9-8-10-14(17-5)13(2)16-4/h6-8,10H,9,11-12H2,1-5H3/b7-6+,10-8+,14-13-. The lowest BCUT2D eigenvalue weighted by molar-refractivity contribution is 0.232. The molecule has 3 heteroatoms. The lowest BCUT2D eigenvalue weighted by atomic mass is 10.3. The van der Waals surface area contributed by atoms with Crippen LogP contribution in [-0.4, -0.2) is 39.3 Å². The Kier molecular flexibility index (Phi) is 9.25. The molecule has 0 fully saturated rings. The SMILES string of the molecule is C/C=C/CN(C)CC/C=C/C(OC)=C(\C)OC. The van der Waals surface area contributed by atoms with E-state index in [1.807, 2.05) is 19.9 Å². The number of likely N-dealkylation sites (N-methyl/N-ethyl adjacent to an activating group) is 1. The van der Waals surface area contributed by atoms with Crippen molar-refractivity contribution in [1.29, 1.82) is 0 Å². The first-order valence-corrected chi connectivity index (χ1v) is 5.90. The first kappa shape index (κ1) is 15.8. The van der Waals surface area contributed by atoms with Crippen molar-refractivity contribution in [2.45, 2.75) is 20.3 Å². The molecule has 0 saturated heterocycles. The van der Waals surface area contributed by atoms with Gasteiger partial charge in [0.05, 0.1) is 14.2 Å². The summed E-state index contributed by atoms with van der Waals surface area (Å²) in [5.41, 5.74) is 0. The molecule has 0 aliphatic rings. The summed E-state index contributed by atoms with van der Waals surface area (Å²) in [6.07, 6.45) is 9.28. The number of methoxy groups -OCH3 is 2. The Morgan fingerprint density at radius 2 is 1.88 bits per heavy atom. The second-order valence-corrected chi connectivity index (χ2v) is 3.85. The fourth-order valence-corrected chi connectivity index (χ4v) is 1.29. The van der Waals surface area contributed by atoms with Crippen molar-refractivity contribution in [2.24, 2.45) is 0 Å². The average molecular weight is 239 g/mol. The first-order valence-electron chi connectivity index (χ1n) is 5.90. The molecule has 0 heterocycles. The lowest BCUT2D eigenvalue weighted by Gasteiger charge is -2.12. The van der Waals surface area contributed by atoms with Crippen LogP contribution in [0, 0.1) is 0 Å². The van der Waals surface area contributed by atoms with Crippen LogP contribution in [0.2, 0.25) is 0 Å². The summed E-state index contributed by atoms with van der Waals surface area (Å²) in [6, 6.07) is 0. The average Bonchev–Trinajstić information content (AvgIpc) is 2.35. The minimum absolute atomic E-state index is 0.781. The van der Waals surface area contributed by atoms with Gasteiger partial charge < -0.3 is 14.4 Å². The summed E-state index contributed by atoms with van der Waals surface area (Å²) in [7, 11) is 5.41. The van der Waals surface area contributed by atoms with Crippen molar-refractivity contribution < 1.29 is 9.47 Å². The molecule has 17 heavy (non-hydrogen) atoms. The molecule has 0 aromatic heterocycles. The third-order valence-corrected chi connectivity index (χ3v) is 2.47. The largest absolute Gasteiger partial charge is 0.498 e. The monoisotopic (exact) mass is 239 g/mol. The van der Waals surface area contributed by atoms with Crippen molar-refractivity contribution >= 4 is 0 Å². The molecule has 0 aliphatic heterocycles. The van der Waals surface area contributed by atoms with E-state index in [1.54, 1.807) is 14.2 Å². The van der Waals surface area contributed by atoms with Gasteiger partial charge in [0.25, 0.3) is 0 Å². The molecule has 0 spiro atoms. The van der Waals surface area contributed by atoms with E-state index < -0.39 is 0 Å². The Morgan fingerprint density at radius 3 is 2.41 bits per heavy atom. The van der Waals surface area contributed by atoms with Crippen LogP contribution < -0.4 is 0 Å². The summed E-state index contributed by atoms with van der Waals surface area (Å²) in [5, 5.41) is 0. The van der Waals surface area contributed by atoms with Gasteiger partial charge in [0, 0.05) is 13.1 Å². The van der Waals surface area contributed by atoms with Crippen molar-refractivity contribution in [3.8, 4) is 0 Å². The van der Waals surface area contributed by atoms with Crippen LogP contribution in [0.3, 0.4) is 0 Å². The molecule has 3 nitrogen and oxygen atoms in total. The Balaban J connectivity index is 4.02. The van der Waals surface area contributed by atoms with Gasteiger partial charge >= 0.3 is 0 Å². The molecule has 0 radical (unpaired) electrons. The van der Waals surface area contributed by atoms with Crippen molar-refractivity contribution in [1.82, 2.24) is 4.90 Å². The van der Waals surface area contributed by atoms with Crippen molar-refractivity contribution in [3.05, 3.63) is 35.8 Å². The summed E-state index contributed by atoms with van der Waals surface area (Å²) >= 11 is 0. The van der Waals surface area contributed by atoms with E-state index in [4.69, 9.17) is 9.47 Å². The van der Waals surface area contributed by atoms with E-state index >= 15 is 0 Å². The Labute approximate surface area is 105 Å². The zero-order chi connectivity index (χ0) is 13.1. The zero-order valence-corrected chi connectivity index (χ0v) is 11.7. The third-order valence-electron chi connectivity index (χ3n) is 2.47.